The van der Waals surface area contributed by atoms with Crippen LogP contribution < -0.4 is 5.56 Å². The van der Waals surface area contributed by atoms with E-state index in [0.29, 0.717) is 33.9 Å². The van der Waals surface area contributed by atoms with E-state index in [-0.39, 0.29) is 70.1 Å². The third-order valence-corrected chi connectivity index (χ3v) is 5.04. The second kappa shape index (κ2) is 29.3. The number of imidazole rings is 1. The average molecular weight is 713 g/mol. The van der Waals surface area contributed by atoms with Gasteiger partial charge in [0.25, 0.3) is 0 Å². The first kappa shape index (κ1) is 56.4. The van der Waals surface area contributed by atoms with Crippen molar-refractivity contribution in [3.05, 3.63) is 100 Å². The summed E-state index contributed by atoms with van der Waals surface area (Å²) >= 11 is 4.81. The third kappa shape index (κ3) is 24.0. The molecule has 3 N–H and O–H groups in total. The normalized spacial score (nSPS) is 9.24. The molecule has 0 aliphatic heterocycles. The van der Waals surface area contributed by atoms with Crippen LogP contribution in [-0.2, 0) is 48.5 Å². The Morgan fingerprint density at radius 2 is 1.45 bits per heavy atom. The molecular formula is C34H60N6O8S. The maximum Gasteiger partial charge on any atom is 0.334 e. The monoisotopic (exact) mass is 712 g/mol. The van der Waals surface area contributed by atoms with E-state index in [1.165, 1.54) is 12.3 Å². The highest BCUT2D eigenvalue weighted by Crippen LogP contribution is 2.01. The second-order valence-electron chi connectivity index (χ2n) is 9.05. The maximum absolute atomic E-state index is 11.0. The number of hydrogen-bond acceptors (Lipinski definition) is 11. The lowest BCUT2D eigenvalue weighted by Crippen LogP contribution is -2.23. The highest BCUT2D eigenvalue weighted by molar-refractivity contribution is 7.71. The standard InChI is InChI=1S/C10H14N2O3.C10H11NO3.C8H11N3O2S.6CH4/c1-8(2)10(14)15-6-9(13)5-12-4-3-11-7-12;1-7(2)10(13)14-6-8-3-4-9(12)11-5-8;1-5(2)7(12)13-4-11-6(3)9-8(14)10-11;;;;;;/h3-4,7,9,13H,1,5-6H2,2H3;3-5H,1,6H2,2H3,(H,11,12);1,4H2,2-3H3,(H,10,14);6*1H4. The Bertz CT molecular complexity index is 1500. The van der Waals surface area contributed by atoms with Crippen molar-refractivity contribution >= 4 is 30.1 Å². The van der Waals surface area contributed by atoms with Gasteiger partial charge in [0.15, 0.2) is 6.73 Å². The smallest absolute Gasteiger partial charge is 0.334 e. The van der Waals surface area contributed by atoms with Gasteiger partial charge in [-0.2, -0.15) is 0 Å². The van der Waals surface area contributed by atoms with Gasteiger partial charge >= 0.3 is 17.9 Å². The molecule has 0 amide bonds. The zero-order valence-electron chi connectivity index (χ0n) is 24.5. The first-order chi connectivity index (χ1) is 20.2. The van der Waals surface area contributed by atoms with Gasteiger partial charge in [0, 0.05) is 46.9 Å². The van der Waals surface area contributed by atoms with Crippen molar-refractivity contribution in [1.29, 1.82) is 0 Å². The molecule has 0 bridgehead atoms. The number of esters is 3. The fourth-order valence-electron chi connectivity index (χ4n) is 2.59. The number of aliphatic hydroxyl groups is 1. The summed E-state index contributed by atoms with van der Waals surface area (Å²) < 4.78 is 18.2. The number of pyridine rings is 1. The van der Waals surface area contributed by atoms with Crippen molar-refractivity contribution in [2.45, 2.75) is 98.2 Å². The van der Waals surface area contributed by atoms with Crippen molar-refractivity contribution in [3.8, 4) is 0 Å². The second-order valence-corrected chi connectivity index (χ2v) is 9.44. The van der Waals surface area contributed by atoms with Crippen molar-refractivity contribution < 1.29 is 33.7 Å². The fraction of sp³-hybridized carbons (Fsp3) is 0.441. The molecule has 49 heavy (non-hydrogen) atoms. The molecule has 3 aromatic heterocycles. The van der Waals surface area contributed by atoms with Crippen molar-refractivity contribution in [2.24, 2.45) is 0 Å². The molecule has 14 nitrogen and oxygen atoms in total. The van der Waals surface area contributed by atoms with E-state index < -0.39 is 24.0 Å². The van der Waals surface area contributed by atoms with E-state index in [4.69, 9.17) is 26.4 Å². The average Bonchev–Trinajstić information content (AvgIpc) is 3.58. The van der Waals surface area contributed by atoms with E-state index in [1.807, 2.05) is 0 Å². The number of aromatic nitrogens is 6. The van der Waals surface area contributed by atoms with Gasteiger partial charge in [0.1, 0.15) is 25.1 Å². The van der Waals surface area contributed by atoms with Crippen molar-refractivity contribution in [3.63, 3.8) is 0 Å². The summed E-state index contributed by atoms with van der Waals surface area (Å²) in [5, 5.41) is 12.2. The number of carbonyl (C=O) groups excluding carboxylic acids is 3. The predicted molar refractivity (Wildman–Crippen MR) is 199 cm³/mol. The molecular weight excluding hydrogens is 652 g/mol. The lowest BCUT2D eigenvalue weighted by molar-refractivity contribution is -0.143. The lowest BCUT2D eigenvalue weighted by atomic mass is 10.3. The number of nitrogens with one attached hydrogen (secondary N) is 2. The molecule has 0 spiro atoms. The van der Waals surface area contributed by atoms with Crippen molar-refractivity contribution in [1.82, 2.24) is 29.3 Å². The number of aliphatic hydroxyl groups excluding tert-OH is 1. The predicted octanol–water partition coefficient (Wildman–Crippen LogP) is 6.50. The zero-order valence-corrected chi connectivity index (χ0v) is 25.3. The molecule has 3 aromatic rings. The number of aryl methyl sites for hydroxylation is 1. The van der Waals surface area contributed by atoms with Gasteiger partial charge in [-0.1, -0.05) is 64.3 Å². The minimum absolute atomic E-state index is 0. The van der Waals surface area contributed by atoms with Gasteiger partial charge in [0.05, 0.1) is 12.9 Å². The molecule has 0 aliphatic carbocycles. The van der Waals surface area contributed by atoms with Gasteiger partial charge in [-0.25, -0.2) is 29.0 Å². The topological polar surface area (TPSA) is 183 Å². The van der Waals surface area contributed by atoms with Crippen LogP contribution in [0.4, 0.5) is 0 Å². The van der Waals surface area contributed by atoms with Crippen LogP contribution in [0.25, 0.3) is 0 Å². The Kier molecular flexibility index (Phi) is 33.7. The Morgan fingerprint density at radius 1 is 0.918 bits per heavy atom. The van der Waals surface area contributed by atoms with E-state index in [9.17, 15) is 24.3 Å². The molecule has 0 aromatic carbocycles. The number of rotatable bonds is 11. The highest BCUT2D eigenvalue weighted by Gasteiger charge is 2.09. The summed E-state index contributed by atoms with van der Waals surface area (Å²) in [5.74, 6) is -0.683. The summed E-state index contributed by atoms with van der Waals surface area (Å²) in [6.07, 6.45) is 5.70. The molecule has 280 valence electrons. The number of nitrogens with zero attached hydrogens (tertiary/aromatic N) is 4. The molecule has 3 rings (SSSR count). The van der Waals surface area contributed by atoms with Gasteiger partial charge in [0.2, 0.25) is 10.3 Å². The van der Waals surface area contributed by atoms with E-state index in [2.05, 4.69) is 39.8 Å². The van der Waals surface area contributed by atoms with Crippen LogP contribution in [0, 0.1) is 11.7 Å². The Labute approximate surface area is 297 Å². The van der Waals surface area contributed by atoms with Gasteiger partial charge in [-0.15, -0.1) is 0 Å². The SMILES string of the molecule is C.C.C.C.C.C.C=C(C)C(=O)OCC(O)Cn1ccnc1.C=C(C)C(=O)OCc1ccc(=O)[nH]c1.C=C(C)C(=O)OCn1[nH]c(=S)nc1C. The first-order valence-corrected chi connectivity index (χ1v) is 13.0. The molecule has 0 aliphatic rings. The molecule has 3 heterocycles. The van der Waals surface area contributed by atoms with Crippen LogP contribution in [-0.4, -0.2) is 65.0 Å². The number of H-pyrrole nitrogens is 2. The molecule has 0 fully saturated rings. The largest absolute Gasteiger partial charge is 0.460 e. The summed E-state index contributed by atoms with van der Waals surface area (Å²) in [4.78, 5) is 54.0. The van der Waals surface area contributed by atoms with Gasteiger partial charge < -0.3 is 28.9 Å². The molecule has 0 saturated carbocycles. The Hall–Kier alpha value is -4.89. The maximum atomic E-state index is 11.0. The fourth-order valence-corrected chi connectivity index (χ4v) is 2.83. The van der Waals surface area contributed by atoms with Crippen LogP contribution in [0.5, 0.6) is 0 Å². The lowest BCUT2D eigenvalue weighted by Gasteiger charge is -2.11. The molecule has 0 saturated heterocycles. The summed E-state index contributed by atoms with van der Waals surface area (Å²) in [6.45, 7) is 17.4. The van der Waals surface area contributed by atoms with E-state index >= 15 is 0 Å². The summed E-state index contributed by atoms with van der Waals surface area (Å²) in [7, 11) is 0. The van der Waals surface area contributed by atoms with Crippen LogP contribution >= 0.6 is 12.2 Å². The first-order valence-electron chi connectivity index (χ1n) is 12.6. The molecule has 0 radical (unpaired) electrons. The molecule has 1 atom stereocenters. The third-order valence-electron chi connectivity index (χ3n) is 4.86. The minimum atomic E-state index is -0.734. The number of carbonyl (C=O) groups is 3. The van der Waals surface area contributed by atoms with Crippen LogP contribution in [0.3, 0.4) is 0 Å². The minimum Gasteiger partial charge on any atom is -0.460 e. The number of hydrogen-bond donors (Lipinski definition) is 3. The number of ether oxygens (including phenoxy) is 3. The van der Waals surface area contributed by atoms with Crippen molar-refractivity contribution in [2.75, 3.05) is 6.61 Å². The Balaban J connectivity index is -0.000000133. The van der Waals surface area contributed by atoms with Gasteiger partial charge in [-0.3, -0.25) is 9.89 Å². The van der Waals surface area contributed by atoms with E-state index in [1.54, 1.807) is 61.7 Å². The van der Waals surface area contributed by atoms with E-state index in [0.717, 1.165) is 5.56 Å². The zero-order chi connectivity index (χ0) is 32.5. The van der Waals surface area contributed by atoms with Gasteiger partial charge in [-0.05, 0) is 46.0 Å². The highest BCUT2D eigenvalue weighted by atomic mass is 32.1. The summed E-state index contributed by atoms with van der Waals surface area (Å²) in [5.41, 5.74) is 1.60. The van der Waals surface area contributed by atoms with Crippen LogP contribution in [0.1, 0.15) is 76.7 Å². The number of aromatic amines is 2. The summed E-state index contributed by atoms with van der Waals surface area (Å²) in [6, 6.07) is 2.98. The van der Waals surface area contributed by atoms with Crippen LogP contribution in [0.15, 0.2) is 78.3 Å². The quantitative estimate of drug-likeness (QED) is 0.0854. The molecule has 1 unspecified atom stereocenters. The van der Waals surface area contributed by atoms with Crippen LogP contribution in [0.2, 0.25) is 0 Å². The molecule has 15 heteroatoms. The Morgan fingerprint density at radius 3 is 1.88 bits per heavy atom.